The monoisotopic (exact) mass is 610 g/mol. The van der Waals surface area contributed by atoms with E-state index in [9.17, 15) is 19.2 Å². The standard InChI is InChI=1S/C34H31FN4O6/c1-20-12-24(40)15-30(38(20)2)34(43)39-17-29-31(18-39)45-25-9-6-21(7-10-25)16-36-32(41)19-44-26-5-3-4-22(13-26)23-8-11-28(35)27(14-23)33(42)37-29/h3-15,29,31H,16-19H2,1-2H3,(H,36,41)(H,37,42)/t29-,31-/m0/s1. The van der Waals surface area contributed by atoms with Gasteiger partial charge in [0, 0.05) is 38.0 Å². The first-order valence-electron chi connectivity index (χ1n) is 14.5. The molecule has 3 aromatic carbocycles. The van der Waals surface area contributed by atoms with Gasteiger partial charge in [0.25, 0.3) is 17.7 Å². The average Bonchev–Trinajstić information content (AvgIpc) is 3.42. The molecule has 6 bridgehead atoms. The van der Waals surface area contributed by atoms with Crippen molar-refractivity contribution in [2.75, 3.05) is 19.7 Å². The van der Waals surface area contributed by atoms with Gasteiger partial charge in [-0.05, 0) is 60.0 Å². The van der Waals surface area contributed by atoms with Crippen molar-refractivity contribution in [3.05, 3.63) is 117 Å². The Balaban J connectivity index is 1.35. The van der Waals surface area contributed by atoms with Crippen LogP contribution >= 0.6 is 0 Å². The predicted molar refractivity (Wildman–Crippen MR) is 164 cm³/mol. The van der Waals surface area contributed by atoms with Gasteiger partial charge in [-0.3, -0.25) is 19.2 Å². The first kappa shape index (κ1) is 29.6. The maximum Gasteiger partial charge on any atom is 0.270 e. The van der Waals surface area contributed by atoms with E-state index < -0.39 is 29.8 Å². The van der Waals surface area contributed by atoms with E-state index >= 15 is 4.39 Å². The number of carbonyl (C=O) groups is 3. The summed E-state index contributed by atoms with van der Waals surface area (Å²) in [5.74, 6) is -1.15. The SMILES string of the molecule is Cc1cc(=O)cc(C(=O)N2C[C@@H]3NC(=O)c4cc(ccc4F)-c4cccc(c4)OCC(=O)NCc4ccc(cc4)O[C@H]3C2)n1C. The maximum atomic E-state index is 15.1. The smallest absolute Gasteiger partial charge is 0.270 e. The third-order valence-electron chi connectivity index (χ3n) is 8.06. The molecule has 2 N–H and O–H groups in total. The van der Waals surface area contributed by atoms with E-state index in [1.165, 1.54) is 29.2 Å². The molecular weight excluding hydrogens is 579 g/mol. The van der Waals surface area contributed by atoms with Crippen molar-refractivity contribution in [3.63, 3.8) is 0 Å². The number of hydrogen-bond acceptors (Lipinski definition) is 6. The van der Waals surface area contributed by atoms with Crippen molar-refractivity contribution in [1.29, 1.82) is 0 Å². The molecular formula is C34H31FN4O6. The van der Waals surface area contributed by atoms with Gasteiger partial charge in [-0.25, -0.2) is 4.39 Å². The van der Waals surface area contributed by atoms with Gasteiger partial charge < -0.3 is 29.6 Å². The van der Waals surface area contributed by atoms with Crippen LogP contribution in [-0.2, 0) is 18.4 Å². The molecule has 1 saturated heterocycles. The van der Waals surface area contributed by atoms with Crippen molar-refractivity contribution in [2.45, 2.75) is 25.6 Å². The Morgan fingerprint density at radius 3 is 2.49 bits per heavy atom. The van der Waals surface area contributed by atoms with E-state index in [1.807, 2.05) is 0 Å². The van der Waals surface area contributed by atoms with E-state index in [1.54, 1.807) is 73.1 Å². The Labute approximate surface area is 258 Å². The lowest BCUT2D eigenvalue weighted by molar-refractivity contribution is -0.123. The lowest BCUT2D eigenvalue weighted by Crippen LogP contribution is -2.45. The van der Waals surface area contributed by atoms with E-state index in [0.717, 1.165) is 5.56 Å². The summed E-state index contributed by atoms with van der Waals surface area (Å²) in [6, 6.07) is 20.3. The number of carbonyl (C=O) groups excluding carboxylic acids is 3. The molecule has 4 aromatic rings. The number of nitrogens with one attached hydrogen (secondary N) is 2. The molecule has 0 unspecified atom stereocenters. The van der Waals surface area contributed by atoms with Gasteiger partial charge in [0.1, 0.15) is 29.1 Å². The van der Waals surface area contributed by atoms with Crippen molar-refractivity contribution in [2.24, 2.45) is 7.05 Å². The highest BCUT2D eigenvalue weighted by molar-refractivity contribution is 5.96. The van der Waals surface area contributed by atoms with Crippen LogP contribution in [0.2, 0.25) is 0 Å². The topological polar surface area (TPSA) is 119 Å². The Morgan fingerprint density at radius 1 is 0.911 bits per heavy atom. The molecule has 1 fully saturated rings. The van der Waals surface area contributed by atoms with Gasteiger partial charge in [0.2, 0.25) is 0 Å². The van der Waals surface area contributed by atoms with Crippen LogP contribution in [0, 0.1) is 12.7 Å². The van der Waals surface area contributed by atoms with E-state index in [-0.39, 0.29) is 48.8 Å². The number of aromatic nitrogens is 1. The summed E-state index contributed by atoms with van der Waals surface area (Å²) in [7, 11) is 1.70. The number of benzene rings is 3. The first-order valence-corrected chi connectivity index (χ1v) is 14.5. The highest BCUT2D eigenvalue weighted by Crippen LogP contribution is 2.27. The number of amides is 3. The van der Waals surface area contributed by atoms with Crippen LogP contribution in [-0.4, -0.2) is 59.0 Å². The van der Waals surface area contributed by atoms with Crippen molar-refractivity contribution < 1.29 is 28.2 Å². The second kappa shape index (κ2) is 12.3. The molecule has 0 spiro atoms. The molecule has 7 rings (SSSR count). The fourth-order valence-corrected chi connectivity index (χ4v) is 5.48. The van der Waals surface area contributed by atoms with Gasteiger partial charge in [-0.1, -0.05) is 30.3 Å². The normalized spacial score (nSPS) is 18.2. The summed E-state index contributed by atoms with van der Waals surface area (Å²) in [6.07, 6.45) is -0.684. The number of aryl methyl sites for hydroxylation is 1. The van der Waals surface area contributed by atoms with Crippen LogP contribution in [0.15, 0.2) is 83.7 Å². The number of halogens is 1. The van der Waals surface area contributed by atoms with Crippen molar-refractivity contribution in [3.8, 4) is 22.6 Å². The van der Waals surface area contributed by atoms with Gasteiger partial charge in [0.05, 0.1) is 18.2 Å². The molecule has 3 aliphatic rings. The Kier molecular flexibility index (Phi) is 8.08. The van der Waals surface area contributed by atoms with E-state index in [0.29, 0.717) is 28.3 Å². The highest BCUT2D eigenvalue weighted by Gasteiger charge is 2.39. The van der Waals surface area contributed by atoms with Crippen LogP contribution in [0.5, 0.6) is 11.5 Å². The third-order valence-corrected chi connectivity index (χ3v) is 8.06. The van der Waals surface area contributed by atoms with Gasteiger partial charge in [-0.15, -0.1) is 0 Å². The number of rotatable bonds is 1. The lowest BCUT2D eigenvalue weighted by atomic mass is 10.0. The highest BCUT2D eigenvalue weighted by atomic mass is 19.1. The number of likely N-dealkylation sites (tertiary alicyclic amines) is 1. The summed E-state index contributed by atoms with van der Waals surface area (Å²) >= 11 is 0. The minimum Gasteiger partial charge on any atom is -0.486 e. The molecule has 0 radical (unpaired) electrons. The number of nitrogens with zero attached hydrogens (tertiary/aromatic N) is 2. The van der Waals surface area contributed by atoms with E-state index in [4.69, 9.17) is 9.47 Å². The summed E-state index contributed by atoms with van der Waals surface area (Å²) in [6.45, 7) is 2.00. The number of ether oxygens (including phenoxy) is 2. The maximum absolute atomic E-state index is 15.1. The van der Waals surface area contributed by atoms with Crippen LogP contribution in [0.4, 0.5) is 4.39 Å². The Morgan fingerprint density at radius 2 is 1.69 bits per heavy atom. The molecule has 0 saturated carbocycles. The van der Waals surface area contributed by atoms with E-state index in [2.05, 4.69) is 10.6 Å². The van der Waals surface area contributed by atoms with Gasteiger partial charge >= 0.3 is 0 Å². The second-order valence-electron chi connectivity index (χ2n) is 11.2. The molecule has 3 amide bonds. The molecule has 3 aliphatic heterocycles. The summed E-state index contributed by atoms with van der Waals surface area (Å²) in [5, 5.41) is 5.72. The van der Waals surface area contributed by atoms with Crippen LogP contribution in [0.3, 0.4) is 0 Å². The first-order chi connectivity index (χ1) is 21.6. The van der Waals surface area contributed by atoms with Crippen molar-refractivity contribution in [1.82, 2.24) is 20.1 Å². The molecule has 1 aromatic heterocycles. The van der Waals surface area contributed by atoms with Gasteiger partial charge in [-0.2, -0.15) is 0 Å². The molecule has 2 atom stereocenters. The molecule has 10 nitrogen and oxygen atoms in total. The predicted octanol–water partition coefficient (Wildman–Crippen LogP) is 3.21. The zero-order chi connectivity index (χ0) is 31.7. The van der Waals surface area contributed by atoms with Crippen LogP contribution in [0.1, 0.15) is 32.1 Å². The molecule has 45 heavy (non-hydrogen) atoms. The third kappa shape index (κ3) is 6.42. The van der Waals surface area contributed by atoms with Crippen LogP contribution < -0.4 is 25.5 Å². The average molecular weight is 611 g/mol. The van der Waals surface area contributed by atoms with Crippen LogP contribution in [0.25, 0.3) is 11.1 Å². The molecule has 0 aliphatic carbocycles. The second-order valence-corrected chi connectivity index (χ2v) is 11.2. The number of pyridine rings is 1. The number of fused-ring (bicyclic) bond motifs is 7. The molecule has 4 heterocycles. The quantitative estimate of drug-likeness (QED) is 0.342. The Hall–Kier alpha value is -5.45. The largest absolute Gasteiger partial charge is 0.486 e. The fraction of sp³-hybridized carbons (Fsp3) is 0.235. The lowest BCUT2D eigenvalue weighted by Gasteiger charge is -2.21. The summed E-state index contributed by atoms with van der Waals surface area (Å²) in [5.41, 5.74) is 2.43. The van der Waals surface area contributed by atoms with Gasteiger partial charge in [0.15, 0.2) is 12.0 Å². The fourth-order valence-electron chi connectivity index (χ4n) is 5.48. The summed E-state index contributed by atoms with van der Waals surface area (Å²) in [4.78, 5) is 53.4. The summed E-state index contributed by atoms with van der Waals surface area (Å²) < 4.78 is 28.7. The molecule has 11 heteroatoms. The number of hydrogen-bond donors (Lipinski definition) is 2. The minimum atomic E-state index is -0.712. The zero-order valence-corrected chi connectivity index (χ0v) is 24.7. The minimum absolute atomic E-state index is 0.0716. The zero-order valence-electron chi connectivity index (χ0n) is 24.7. The molecule has 230 valence electrons. The Bertz CT molecular complexity index is 1850. The van der Waals surface area contributed by atoms with Crippen molar-refractivity contribution >= 4 is 17.7 Å².